The molecule has 0 spiro atoms. The van der Waals surface area contributed by atoms with E-state index in [4.69, 9.17) is 23.2 Å². The molecule has 2 N–H and O–H groups in total. The van der Waals surface area contributed by atoms with Gasteiger partial charge in [-0.25, -0.2) is 4.99 Å². The molecule has 1 aromatic carbocycles. The van der Waals surface area contributed by atoms with Gasteiger partial charge in [-0.3, -0.25) is 4.79 Å². The standard InChI is InChI=1S/C18H26Cl2N4O/c1-3-21-18(23-12-16(25)24-9-4-5-10-24)22-11-13(2)17-14(19)7-6-8-15(17)20/h6-8,13H,3-5,9-12H2,1-2H3,(H2,21,22,23). The number of nitrogens with one attached hydrogen (secondary N) is 2. The number of benzene rings is 1. The van der Waals surface area contributed by atoms with Gasteiger partial charge in [0.1, 0.15) is 6.54 Å². The minimum absolute atomic E-state index is 0.0805. The van der Waals surface area contributed by atoms with E-state index in [2.05, 4.69) is 22.5 Å². The predicted molar refractivity (Wildman–Crippen MR) is 105 cm³/mol. The molecule has 0 saturated carbocycles. The normalized spacial score (nSPS) is 16.0. The van der Waals surface area contributed by atoms with Gasteiger partial charge in [-0.1, -0.05) is 36.2 Å². The summed E-state index contributed by atoms with van der Waals surface area (Å²) in [4.78, 5) is 18.4. The van der Waals surface area contributed by atoms with Gasteiger partial charge in [-0.15, -0.1) is 0 Å². The summed E-state index contributed by atoms with van der Waals surface area (Å²) in [6.45, 7) is 7.25. The first-order valence-corrected chi connectivity index (χ1v) is 9.52. The Morgan fingerprint density at radius 2 is 1.88 bits per heavy atom. The second kappa shape index (κ2) is 9.88. The number of carbonyl (C=O) groups is 1. The second-order valence-corrected chi connectivity index (χ2v) is 7.01. The lowest BCUT2D eigenvalue weighted by Gasteiger charge is -2.19. The number of rotatable bonds is 6. The van der Waals surface area contributed by atoms with Crippen LogP contribution in [0.5, 0.6) is 0 Å². The Kier molecular flexibility index (Phi) is 7.85. The van der Waals surface area contributed by atoms with Crippen LogP contribution in [0, 0.1) is 0 Å². The molecule has 1 aromatic rings. The highest BCUT2D eigenvalue weighted by atomic mass is 35.5. The number of aliphatic imine (C=N–C) groups is 1. The van der Waals surface area contributed by atoms with Crippen LogP contribution in [0.2, 0.25) is 10.0 Å². The fourth-order valence-electron chi connectivity index (χ4n) is 2.89. The van der Waals surface area contributed by atoms with E-state index in [1.807, 2.05) is 30.0 Å². The summed E-state index contributed by atoms with van der Waals surface area (Å²) in [5.41, 5.74) is 0.919. The number of carbonyl (C=O) groups excluding carboxylic acids is 1. The zero-order valence-electron chi connectivity index (χ0n) is 14.8. The number of hydrogen-bond acceptors (Lipinski definition) is 2. The first-order chi connectivity index (χ1) is 12.0. The number of guanidine groups is 1. The van der Waals surface area contributed by atoms with Crippen LogP contribution in [0.1, 0.15) is 38.2 Å². The molecule has 1 amide bonds. The number of hydrogen-bond donors (Lipinski definition) is 2. The average molecular weight is 385 g/mol. The van der Waals surface area contributed by atoms with Crippen molar-refractivity contribution in [2.45, 2.75) is 32.6 Å². The van der Waals surface area contributed by atoms with Crippen molar-refractivity contribution in [3.8, 4) is 0 Å². The van der Waals surface area contributed by atoms with Crippen molar-refractivity contribution in [3.05, 3.63) is 33.8 Å². The van der Waals surface area contributed by atoms with Crippen molar-refractivity contribution in [1.29, 1.82) is 0 Å². The van der Waals surface area contributed by atoms with Crippen LogP contribution >= 0.6 is 23.2 Å². The highest BCUT2D eigenvalue weighted by Crippen LogP contribution is 2.30. The Bertz CT molecular complexity index is 595. The van der Waals surface area contributed by atoms with Crippen LogP contribution in [0.4, 0.5) is 0 Å². The molecule has 0 bridgehead atoms. The lowest BCUT2D eigenvalue weighted by Crippen LogP contribution is -2.40. The van der Waals surface area contributed by atoms with Gasteiger partial charge in [0.25, 0.3) is 0 Å². The van der Waals surface area contributed by atoms with Crippen LogP contribution in [-0.4, -0.2) is 49.5 Å². The summed E-state index contributed by atoms with van der Waals surface area (Å²) in [6, 6.07) is 5.52. The average Bonchev–Trinajstić information content (AvgIpc) is 3.11. The van der Waals surface area contributed by atoms with Crippen molar-refractivity contribution in [1.82, 2.24) is 15.5 Å². The first kappa shape index (κ1) is 19.9. The molecule has 5 nitrogen and oxygen atoms in total. The van der Waals surface area contributed by atoms with E-state index in [9.17, 15) is 4.79 Å². The van der Waals surface area contributed by atoms with E-state index in [0.717, 1.165) is 38.0 Å². The van der Waals surface area contributed by atoms with Gasteiger partial charge in [-0.05, 0) is 37.5 Å². The molecule has 1 aliphatic rings. The van der Waals surface area contributed by atoms with Crippen molar-refractivity contribution in [3.63, 3.8) is 0 Å². The Balaban J connectivity index is 1.94. The Morgan fingerprint density at radius 1 is 1.24 bits per heavy atom. The zero-order chi connectivity index (χ0) is 18.2. The predicted octanol–water partition coefficient (Wildman–Crippen LogP) is 3.27. The summed E-state index contributed by atoms with van der Waals surface area (Å²) >= 11 is 12.5. The van der Waals surface area contributed by atoms with E-state index in [0.29, 0.717) is 22.5 Å². The monoisotopic (exact) mass is 384 g/mol. The van der Waals surface area contributed by atoms with Gasteiger partial charge in [0.15, 0.2) is 5.96 Å². The summed E-state index contributed by atoms with van der Waals surface area (Å²) in [5.74, 6) is 0.821. The van der Waals surface area contributed by atoms with Crippen molar-refractivity contribution in [2.75, 3.05) is 32.7 Å². The third kappa shape index (κ3) is 5.79. The van der Waals surface area contributed by atoms with Crippen LogP contribution in [0.3, 0.4) is 0 Å². The minimum Gasteiger partial charge on any atom is -0.357 e. The molecule has 25 heavy (non-hydrogen) atoms. The first-order valence-electron chi connectivity index (χ1n) is 8.76. The molecule has 1 aliphatic heterocycles. The molecule has 1 atom stereocenters. The highest BCUT2D eigenvalue weighted by molar-refractivity contribution is 6.36. The Hall–Kier alpha value is -1.46. The number of amides is 1. The van der Waals surface area contributed by atoms with E-state index in [-0.39, 0.29) is 18.4 Å². The third-order valence-electron chi connectivity index (χ3n) is 4.24. The summed E-state index contributed by atoms with van der Waals surface area (Å²) in [7, 11) is 0. The molecule has 138 valence electrons. The molecule has 1 heterocycles. The van der Waals surface area contributed by atoms with Crippen molar-refractivity contribution in [2.24, 2.45) is 4.99 Å². The fourth-order valence-corrected chi connectivity index (χ4v) is 3.66. The molecular formula is C18H26Cl2N4O. The van der Waals surface area contributed by atoms with Crippen LogP contribution in [0.15, 0.2) is 23.2 Å². The topological polar surface area (TPSA) is 56.7 Å². The van der Waals surface area contributed by atoms with E-state index < -0.39 is 0 Å². The van der Waals surface area contributed by atoms with E-state index >= 15 is 0 Å². The van der Waals surface area contributed by atoms with Crippen molar-refractivity contribution >= 4 is 35.1 Å². The lowest BCUT2D eigenvalue weighted by molar-refractivity contribution is -0.128. The molecule has 1 unspecified atom stereocenters. The maximum absolute atomic E-state index is 12.1. The molecule has 1 saturated heterocycles. The van der Waals surface area contributed by atoms with Gasteiger partial charge in [0.2, 0.25) is 5.91 Å². The van der Waals surface area contributed by atoms with Gasteiger partial charge >= 0.3 is 0 Å². The van der Waals surface area contributed by atoms with E-state index in [1.165, 1.54) is 0 Å². The van der Waals surface area contributed by atoms with Gasteiger partial charge in [0, 0.05) is 42.1 Å². The number of likely N-dealkylation sites (tertiary alicyclic amines) is 1. The van der Waals surface area contributed by atoms with Crippen molar-refractivity contribution < 1.29 is 4.79 Å². The largest absolute Gasteiger partial charge is 0.357 e. The summed E-state index contributed by atoms with van der Waals surface area (Å²) in [5, 5.41) is 7.76. The number of halogens is 2. The van der Waals surface area contributed by atoms with Gasteiger partial charge in [-0.2, -0.15) is 0 Å². The molecule has 0 radical (unpaired) electrons. The van der Waals surface area contributed by atoms with E-state index in [1.54, 1.807) is 0 Å². The van der Waals surface area contributed by atoms with Crippen LogP contribution < -0.4 is 10.6 Å². The maximum Gasteiger partial charge on any atom is 0.244 e. The molecule has 0 aromatic heterocycles. The van der Waals surface area contributed by atoms with Gasteiger partial charge in [0.05, 0.1) is 0 Å². The van der Waals surface area contributed by atoms with Crippen LogP contribution in [0.25, 0.3) is 0 Å². The Labute approximate surface area is 159 Å². The maximum atomic E-state index is 12.1. The van der Waals surface area contributed by atoms with Crippen LogP contribution in [-0.2, 0) is 4.79 Å². The minimum atomic E-state index is 0.0805. The number of nitrogens with zero attached hydrogens (tertiary/aromatic N) is 2. The Morgan fingerprint density at radius 3 is 2.48 bits per heavy atom. The smallest absolute Gasteiger partial charge is 0.244 e. The SMILES string of the molecule is CCNC(=NCC(=O)N1CCCC1)NCC(C)c1c(Cl)cccc1Cl. The highest BCUT2D eigenvalue weighted by Gasteiger charge is 2.18. The molecule has 1 fully saturated rings. The lowest BCUT2D eigenvalue weighted by atomic mass is 10.0. The van der Waals surface area contributed by atoms with Gasteiger partial charge < -0.3 is 15.5 Å². The second-order valence-electron chi connectivity index (χ2n) is 6.20. The summed E-state index contributed by atoms with van der Waals surface area (Å²) in [6.07, 6.45) is 2.17. The third-order valence-corrected chi connectivity index (χ3v) is 4.90. The molecule has 2 rings (SSSR count). The summed E-state index contributed by atoms with van der Waals surface area (Å²) < 4.78 is 0. The molecular weight excluding hydrogens is 359 g/mol. The molecule has 7 heteroatoms. The zero-order valence-corrected chi connectivity index (χ0v) is 16.3. The fraction of sp³-hybridized carbons (Fsp3) is 0.556. The quantitative estimate of drug-likeness (QED) is 0.584. The molecule has 0 aliphatic carbocycles.